The van der Waals surface area contributed by atoms with E-state index >= 15 is 0 Å². The molecule has 258 valence electrons. The first-order chi connectivity index (χ1) is 26.7. The van der Waals surface area contributed by atoms with E-state index in [2.05, 4.69) is 146 Å². The molecule has 1 aliphatic heterocycles. The molecule has 0 spiro atoms. The van der Waals surface area contributed by atoms with Crippen molar-refractivity contribution < 1.29 is 0 Å². The molecule has 0 N–H and O–H groups in total. The van der Waals surface area contributed by atoms with Crippen molar-refractivity contribution in [3.05, 3.63) is 187 Å². The van der Waals surface area contributed by atoms with Gasteiger partial charge in [0.15, 0.2) is 5.82 Å². The first kappa shape index (κ1) is 33.1. The third kappa shape index (κ3) is 6.22. The number of hydrogen-bond acceptors (Lipinski definition) is 4. The van der Waals surface area contributed by atoms with Crippen LogP contribution in [-0.4, -0.2) is 20.7 Å². The maximum atomic E-state index is 5.32. The first-order valence-electron chi connectivity index (χ1n) is 18.6. The summed E-state index contributed by atoms with van der Waals surface area (Å²) in [7, 11) is 0. The van der Waals surface area contributed by atoms with E-state index in [0.717, 1.165) is 80.1 Å². The van der Waals surface area contributed by atoms with Crippen LogP contribution in [0.1, 0.15) is 37.2 Å². The van der Waals surface area contributed by atoms with E-state index in [1.54, 1.807) is 0 Å². The summed E-state index contributed by atoms with van der Waals surface area (Å²) in [5.41, 5.74) is 14.8. The minimum Gasteiger partial charge on any atom is -0.250 e. The molecule has 0 atom stereocenters. The standard InChI is InChI=1S/C50H38N4/c1-3-13-33(4-2)50-53-46(36-16-9-6-10-17-36)32-47(54-50)37-22-20-34(21-23-37)40-28-29-43(42-19-12-11-18-41(40)42)45-31-27-39-25-24-38-26-30-44(35-14-7-5-8-15-35)51-48(38)49(39)52-45/h3-25,27-29,31-32H,26,30H2,1-2H3/b13-3-,33-4+. The van der Waals surface area contributed by atoms with Crippen molar-refractivity contribution in [1.82, 2.24) is 15.0 Å². The summed E-state index contributed by atoms with van der Waals surface area (Å²) in [6.45, 7) is 4.04. The molecule has 0 amide bonds. The molecule has 0 aliphatic carbocycles. The highest BCUT2D eigenvalue weighted by Gasteiger charge is 2.19. The Morgan fingerprint density at radius 2 is 1.13 bits per heavy atom. The van der Waals surface area contributed by atoms with E-state index in [1.165, 1.54) is 27.5 Å². The Bertz CT molecular complexity index is 2760. The number of aryl methyl sites for hydroxylation is 1. The Morgan fingerprint density at radius 1 is 0.519 bits per heavy atom. The molecule has 8 aromatic rings. The Balaban J connectivity index is 1.10. The number of benzene rings is 6. The quantitative estimate of drug-likeness (QED) is 0.156. The molecule has 6 aromatic carbocycles. The molecule has 1 aliphatic rings. The highest BCUT2D eigenvalue weighted by Crippen LogP contribution is 2.39. The van der Waals surface area contributed by atoms with Gasteiger partial charge in [-0.05, 0) is 71.8 Å². The molecule has 0 saturated heterocycles. The minimum absolute atomic E-state index is 0.712. The number of aliphatic imine (C=N–C) groups is 1. The van der Waals surface area contributed by atoms with Gasteiger partial charge in [0, 0.05) is 33.4 Å². The average Bonchev–Trinajstić information content (AvgIpc) is 3.25. The fourth-order valence-electron chi connectivity index (χ4n) is 7.53. The number of fused-ring (bicyclic) bond motifs is 4. The van der Waals surface area contributed by atoms with Gasteiger partial charge in [0.1, 0.15) is 0 Å². The number of nitrogens with zero attached hydrogens (tertiary/aromatic N) is 4. The maximum absolute atomic E-state index is 5.32. The van der Waals surface area contributed by atoms with Crippen molar-refractivity contribution in [1.29, 1.82) is 0 Å². The van der Waals surface area contributed by atoms with Gasteiger partial charge in [0.2, 0.25) is 0 Å². The zero-order chi connectivity index (χ0) is 36.4. The Kier molecular flexibility index (Phi) is 8.78. The molecule has 4 heteroatoms. The number of hydrogen-bond donors (Lipinski definition) is 0. The van der Waals surface area contributed by atoms with E-state index in [1.807, 2.05) is 38.1 Å². The van der Waals surface area contributed by atoms with Crippen LogP contribution in [0.25, 0.3) is 72.1 Å². The maximum Gasteiger partial charge on any atom is 0.160 e. The van der Waals surface area contributed by atoms with Gasteiger partial charge in [-0.15, -0.1) is 0 Å². The van der Waals surface area contributed by atoms with E-state index in [4.69, 9.17) is 19.9 Å². The zero-order valence-electron chi connectivity index (χ0n) is 30.4. The molecule has 0 radical (unpaired) electrons. The van der Waals surface area contributed by atoms with Crippen LogP contribution in [-0.2, 0) is 6.42 Å². The fourth-order valence-corrected chi connectivity index (χ4v) is 7.53. The van der Waals surface area contributed by atoms with Crippen LogP contribution in [0.4, 0.5) is 5.69 Å². The van der Waals surface area contributed by atoms with Crippen molar-refractivity contribution in [2.75, 3.05) is 0 Å². The van der Waals surface area contributed by atoms with Crippen LogP contribution < -0.4 is 0 Å². The summed E-state index contributed by atoms with van der Waals surface area (Å²) >= 11 is 0. The lowest BCUT2D eigenvalue weighted by molar-refractivity contribution is 1.01. The van der Waals surface area contributed by atoms with E-state index in [0.29, 0.717) is 5.82 Å². The summed E-state index contributed by atoms with van der Waals surface area (Å²) < 4.78 is 0. The zero-order valence-corrected chi connectivity index (χ0v) is 30.4. The summed E-state index contributed by atoms with van der Waals surface area (Å²) in [5.74, 6) is 0.712. The van der Waals surface area contributed by atoms with Crippen LogP contribution in [0.2, 0.25) is 0 Å². The predicted molar refractivity (Wildman–Crippen MR) is 226 cm³/mol. The molecular weight excluding hydrogens is 657 g/mol. The molecule has 54 heavy (non-hydrogen) atoms. The third-order valence-corrected chi connectivity index (χ3v) is 10.3. The van der Waals surface area contributed by atoms with Gasteiger partial charge in [0.05, 0.1) is 28.3 Å². The van der Waals surface area contributed by atoms with Gasteiger partial charge in [-0.25, -0.2) is 15.0 Å². The average molecular weight is 695 g/mol. The number of rotatable bonds is 7. The predicted octanol–water partition coefficient (Wildman–Crippen LogP) is 12.9. The number of pyridine rings is 1. The van der Waals surface area contributed by atoms with Crippen molar-refractivity contribution in [2.24, 2.45) is 4.99 Å². The Labute approximate surface area is 316 Å². The van der Waals surface area contributed by atoms with E-state index in [9.17, 15) is 0 Å². The monoisotopic (exact) mass is 694 g/mol. The number of aromatic nitrogens is 3. The summed E-state index contributed by atoms with van der Waals surface area (Å²) in [6.07, 6.45) is 8.03. The van der Waals surface area contributed by atoms with Gasteiger partial charge in [-0.1, -0.05) is 158 Å². The minimum atomic E-state index is 0.712. The summed E-state index contributed by atoms with van der Waals surface area (Å²) in [6, 6.07) is 53.5. The van der Waals surface area contributed by atoms with E-state index < -0.39 is 0 Å². The van der Waals surface area contributed by atoms with Crippen LogP contribution in [0, 0.1) is 0 Å². The lowest BCUT2D eigenvalue weighted by atomic mass is 9.92. The van der Waals surface area contributed by atoms with Gasteiger partial charge in [-0.2, -0.15) is 0 Å². The van der Waals surface area contributed by atoms with Crippen molar-refractivity contribution in [3.8, 4) is 44.9 Å². The highest BCUT2D eigenvalue weighted by molar-refractivity contribution is 6.08. The van der Waals surface area contributed by atoms with Gasteiger partial charge >= 0.3 is 0 Å². The molecule has 4 nitrogen and oxygen atoms in total. The van der Waals surface area contributed by atoms with Gasteiger partial charge in [0.25, 0.3) is 0 Å². The highest BCUT2D eigenvalue weighted by atomic mass is 14.9. The lowest BCUT2D eigenvalue weighted by Gasteiger charge is -2.18. The lowest BCUT2D eigenvalue weighted by Crippen LogP contribution is -2.08. The van der Waals surface area contributed by atoms with Gasteiger partial charge in [-0.3, -0.25) is 4.99 Å². The molecule has 3 heterocycles. The second-order valence-corrected chi connectivity index (χ2v) is 13.6. The fraction of sp³-hybridized carbons (Fsp3) is 0.0800. The second-order valence-electron chi connectivity index (χ2n) is 13.6. The summed E-state index contributed by atoms with van der Waals surface area (Å²) in [5, 5.41) is 3.45. The van der Waals surface area contributed by atoms with Crippen LogP contribution in [0.3, 0.4) is 0 Å². The van der Waals surface area contributed by atoms with Crippen LogP contribution >= 0.6 is 0 Å². The Hall–Kier alpha value is -6.78. The van der Waals surface area contributed by atoms with Crippen LogP contribution in [0.15, 0.2) is 175 Å². The molecule has 2 aromatic heterocycles. The molecule has 0 unspecified atom stereocenters. The van der Waals surface area contributed by atoms with Crippen molar-refractivity contribution >= 4 is 38.6 Å². The van der Waals surface area contributed by atoms with Gasteiger partial charge < -0.3 is 0 Å². The molecule has 0 fully saturated rings. The Morgan fingerprint density at radius 3 is 1.83 bits per heavy atom. The summed E-state index contributed by atoms with van der Waals surface area (Å²) in [4.78, 5) is 20.5. The topological polar surface area (TPSA) is 51.0 Å². The van der Waals surface area contributed by atoms with Crippen LogP contribution in [0.5, 0.6) is 0 Å². The molecule has 0 saturated carbocycles. The first-order valence-corrected chi connectivity index (χ1v) is 18.6. The molecular formula is C50H38N4. The molecule has 0 bridgehead atoms. The van der Waals surface area contributed by atoms with E-state index in [-0.39, 0.29) is 0 Å². The molecule has 9 rings (SSSR count). The smallest absolute Gasteiger partial charge is 0.160 e. The van der Waals surface area contributed by atoms with Crippen molar-refractivity contribution in [3.63, 3.8) is 0 Å². The van der Waals surface area contributed by atoms with Crippen molar-refractivity contribution in [2.45, 2.75) is 26.7 Å². The third-order valence-electron chi connectivity index (χ3n) is 10.3. The second kappa shape index (κ2) is 14.3. The SMILES string of the molecule is C/C=C\C(=C/C)c1nc(-c2ccccc2)cc(-c2ccc(-c3ccc(-c4ccc5ccc6c(c5n4)N=C(c4ccccc4)CC6)c4ccccc34)cc2)n1. The number of allylic oxidation sites excluding steroid dienone is 4. The normalized spacial score (nSPS) is 13.0. The largest absolute Gasteiger partial charge is 0.250 e.